The van der Waals surface area contributed by atoms with Gasteiger partial charge in [-0.05, 0) is 25.8 Å². The average molecular weight is 157 g/mol. The van der Waals surface area contributed by atoms with Crippen LogP contribution in [0.15, 0.2) is 12.3 Å². The van der Waals surface area contributed by atoms with Crippen molar-refractivity contribution in [3.8, 4) is 0 Å². The molecule has 62 valence electrons. The molecule has 1 amide bonds. The molecule has 1 aliphatic rings. The zero-order valence-electron chi connectivity index (χ0n) is 6.33. The maximum Gasteiger partial charge on any atom is 0.287 e. The number of ether oxygens (including phenoxy) is 1. The maximum atomic E-state index is 11.0. The fraction of sp³-hybridized carbons (Fsp3) is 0.571. The van der Waals surface area contributed by atoms with E-state index in [1.165, 1.54) is 6.26 Å². The van der Waals surface area contributed by atoms with Gasteiger partial charge < -0.3 is 4.74 Å². The van der Waals surface area contributed by atoms with Gasteiger partial charge in [0.1, 0.15) is 0 Å². The van der Waals surface area contributed by atoms with Crippen LogP contribution in [-0.2, 0) is 9.53 Å². The van der Waals surface area contributed by atoms with E-state index in [0.29, 0.717) is 6.42 Å². The summed E-state index contributed by atoms with van der Waals surface area (Å²) in [6, 6.07) is 0. The van der Waals surface area contributed by atoms with Crippen molar-refractivity contribution < 1.29 is 14.7 Å². The minimum Gasteiger partial charge on any atom is -0.486 e. The standard InChI is InChI=1S/C7H11NO3/c1-7(6(9)8-10)4-2-3-5-11-7/h3,5,10H,2,4H2,1H3,(H,8,9). The van der Waals surface area contributed by atoms with Gasteiger partial charge in [0.25, 0.3) is 5.91 Å². The minimum absolute atomic E-state index is 0.498. The molecule has 0 aromatic rings. The Balaban J connectivity index is 2.66. The normalized spacial score (nSPS) is 29.3. The van der Waals surface area contributed by atoms with E-state index in [1.54, 1.807) is 12.4 Å². The number of hydroxylamine groups is 1. The van der Waals surface area contributed by atoms with Gasteiger partial charge in [0, 0.05) is 0 Å². The Morgan fingerprint density at radius 2 is 2.55 bits per heavy atom. The van der Waals surface area contributed by atoms with E-state index >= 15 is 0 Å². The molecule has 4 heteroatoms. The molecule has 0 spiro atoms. The molecular formula is C7H11NO3. The average Bonchev–Trinajstić information content (AvgIpc) is 2.04. The second kappa shape index (κ2) is 2.92. The molecule has 2 N–H and O–H groups in total. The number of nitrogens with one attached hydrogen (secondary N) is 1. The molecule has 0 aliphatic carbocycles. The van der Waals surface area contributed by atoms with Gasteiger partial charge in [0.05, 0.1) is 6.26 Å². The number of hydrogen-bond acceptors (Lipinski definition) is 3. The van der Waals surface area contributed by atoms with Crippen molar-refractivity contribution in [2.45, 2.75) is 25.4 Å². The molecular weight excluding hydrogens is 146 g/mol. The van der Waals surface area contributed by atoms with Gasteiger partial charge in [-0.3, -0.25) is 10.0 Å². The Bertz CT molecular complexity index is 190. The van der Waals surface area contributed by atoms with Crippen LogP contribution >= 0.6 is 0 Å². The number of amides is 1. The molecule has 11 heavy (non-hydrogen) atoms. The van der Waals surface area contributed by atoms with Crippen LogP contribution in [0.2, 0.25) is 0 Å². The highest BCUT2D eigenvalue weighted by Gasteiger charge is 2.34. The zero-order chi connectivity index (χ0) is 8.32. The lowest BCUT2D eigenvalue weighted by Crippen LogP contribution is -2.45. The molecule has 0 saturated carbocycles. The van der Waals surface area contributed by atoms with Crippen molar-refractivity contribution in [3.63, 3.8) is 0 Å². The topological polar surface area (TPSA) is 58.6 Å². The first-order chi connectivity index (χ1) is 5.19. The molecule has 1 rings (SSSR count). The Labute approximate surface area is 64.8 Å². The molecule has 0 aromatic heterocycles. The van der Waals surface area contributed by atoms with E-state index in [0.717, 1.165) is 6.42 Å². The Hall–Kier alpha value is -1.03. The van der Waals surface area contributed by atoms with Gasteiger partial charge >= 0.3 is 0 Å². The summed E-state index contributed by atoms with van der Waals surface area (Å²) in [5, 5.41) is 8.35. The third-order valence-corrected chi connectivity index (χ3v) is 1.79. The third-order valence-electron chi connectivity index (χ3n) is 1.79. The summed E-state index contributed by atoms with van der Waals surface area (Å²) in [4.78, 5) is 11.0. The molecule has 0 bridgehead atoms. The monoisotopic (exact) mass is 157 g/mol. The molecule has 0 saturated heterocycles. The van der Waals surface area contributed by atoms with Crippen LogP contribution in [0.1, 0.15) is 19.8 Å². The van der Waals surface area contributed by atoms with Crippen LogP contribution in [0.5, 0.6) is 0 Å². The Morgan fingerprint density at radius 3 is 3.00 bits per heavy atom. The van der Waals surface area contributed by atoms with E-state index < -0.39 is 11.5 Å². The van der Waals surface area contributed by atoms with Crippen LogP contribution in [0.3, 0.4) is 0 Å². The van der Waals surface area contributed by atoms with Gasteiger partial charge in [-0.25, -0.2) is 5.48 Å². The van der Waals surface area contributed by atoms with E-state index in [4.69, 9.17) is 9.94 Å². The quantitative estimate of drug-likeness (QED) is 0.432. The van der Waals surface area contributed by atoms with Crippen molar-refractivity contribution in [1.29, 1.82) is 0 Å². The highest BCUT2D eigenvalue weighted by molar-refractivity contribution is 5.83. The molecule has 0 aromatic carbocycles. The largest absolute Gasteiger partial charge is 0.486 e. The predicted octanol–water partition coefficient (Wildman–Crippen LogP) is 0.575. The molecule has 4 nitrogen and oxygen atoms in total. The highest BCUT2D eigenvalue weighted by atomic mass is 16.5. The summed E-state index contributed by atoms with van der Waals surface area (Å²) in [5.74, 6) is -0.498. The third kappa shape index (κ3) is 1.51. The van der Waals surface area contributed by atoms with Crippen LogP contribution in [0.4, 0.5) is 0 Å². The van der Waals surface area contributed by atoms with Crippen molar-refractivity contribution in [2.24, 2.45) is 0 Å². The predicted molar refractivity (Wildman–Crippen MR) is 37.8 cm³/mol. The summed E-state index contributed by atoms with van der Waals surface area (Å²) in [6.45, 7) is 1.64. The molecule has 0 radical (unpaired) electrons. The van der Waals surface area contributed by atoms with E-state index in [9.17, 15) is 4.79 Å². The molecule has 1 unspecified atom stereocenters. The summed E-state index contributed by atoms with van der Waals surface area (Å²) in [7, 11) is 0. The lowest BCUT2D eigenvalue weighted by Gasteiger charge is -2.28. The van der Waals surface area contributed by atoms with Crippen LogP contribution < -0.4 is 5.48 Å². The fourth-order valence-electron chi connectivity index (χ4n) is 0.969. The summed E-state index contributed by atoms with van der Waals surface area (Å²) >= 11 is 0. The highest BCUT2D eigenvalue weighted by Crippen LogP contribution is 2.22. The summed E-state index contributed by atoms with van der Waals surface area (Å²) in [6.07, 6.45) is 4.71. The Kier molecular flexibility index (Phi) is 2.14. The first-order valence-electron chi connectivity index (χ1n) is 3.46. The van der Waals surface area contributed by atoms with Gasteiger partial charge in [-0.1, -0.05) is 0 Å². The second-order valence-corrected chi connectivity index (χ2v) is 2.70. The smallest absolute Gasteiger partial charge is 0.287 e. The van der Waals surface area contributed by atoms with Crippen LogP contribution in [0.25, 0.3) is 0 Å². The second-order valence-electron chi connectivity index (χ2n) is 2.70. The zero-order valence-corrected chi connectivity index (χ0v) is 6.33. The van der Waals surface area contributed by atoms with E-state index in [-0.39, 0.29) is 0 Å². The minimum atomic E-state index is -0.899. The molecule has 1 atom stereocenters. The van der Waals surface area contributed by atoms with Gasteiger partial charge in [0.2, 0.25) is 0 Å². The number of allylic oxidation sites excluding steroid dienone is 1. The van der Waals surface area contributed by atoms with E-state index in [2.05, 4.69) is 0 Å². The summed E-state index contributed by atoms with van der Waals surface area (Å²) < 4.78 is 5.07. The van der Waals surface area contributed by atoms with Gasteiger partial charge in [-0.2, -0.15) is 0 Å². The van der Waals surface area contributed by atoms with Crippen molar-refractivity contribution in [1.82, 2.24) is 5.48 Å². The Morgan fingerprint density at radius 1 is 1.82 bits per heavy atom. The van der Waals surface area contributed by atoms with Crippen molar-refractivity contribution in [3.05, 3.63) is 12.3 Å². The lowest BCUT2D eigenvalue weighted by molar-refractivity contribution is -0.149. The van der Waals surface area contributed by atoms with E-state index in [1.807, 2.05) is 6.08 Å². The molecule has 1 heterocycles. The number of carbonyl (C=O) groups is 1. The molecule has 1 aliphatic heterocycles. The van der Waals surface area contributed by atoms with Crippen molar-refractivity contribution in [2.75, 3.05) is 0 Å². The van der Waals surface area contributed by atoms with Crippen LogP contribution in [0, 0.1) is 0 Å². The SMILES string of the molecule is CC1(C(=O)NO)CCC=CO1. The number of carbonyl (C=O) groups excluding carboxylic acids is 1. The van der Waals surface area contributed by atoms with Gasteiger partial charge in [0.15, 0.2) is 5.60 Å². The first-order valence-corrected chi connectivity index (χ1v) is 3.46. The molecule has 0 fully saturated rings. The van der Waals surface area contributed by atoms with Crippen molar-refractivity contribution >= 4 is 5.91 Å². The van der Waals surface area contributed by atoms with Gasteiger partial charge in [-0.15, -0.1) is 0 Å². The van der Waals surface area contributed by atoms with Crippen LogP contribution in [-0.4, -0.2) is 16.7 Å². The lowest BCUT2D eigenvalue weighted by atomic mass is 9.98. The number of hydrogen-bond donors (Lipinski definition) is 2. The summed E-state index contributed by atoms with van der Waals surface area (Å²) in [5.41, 5.74) is 0.678. The number of rotatable bonds is 1. The first kappa shape index (κ1) is 8.07. The maximum absolute atomic E-state index is 11.0. The fourth-order valence-corrected chi connectivity index (χ4v) is 0.969.